The summed E-state index contributed by atoms with van der Waals surface area (Å²) in [6.45, 7) is 1.33. The largest absolute Gasteiger partial charge is 0.394 e. The molecule has 3 heterocycles. The summed E-state index contributed by atoms with van der Waals surface area (Å²) >= 11 is 0. The lowest BCUT2D eigenvalue weighted by Crippen LogP contribution is -2.43. The van der Waals surface area contributed by atoms with Crippen molar-refractivity contribution in [3.05, 3.63) is 17.6 Å². The number of nitrogens with two attached hydrogens (primary N) is 2. The number of nitrogen functional groups attached to an aromatic ring is 1. The lowest BCUT2D eigenvalue weighted by Gasteiger charge is -2.31. The van der Waals surface area contributed by atoms with Crippen molar-refractivity contribution in [2.75, 3.05) is 12.3 Å². The van der Waals surface area contributed by atoms with E-state index in [0.717, 1.165) is 0 Å². The molecule has 23 heavy (non-hydrogen) atoms. The minimum absolute atomic E-state index is 0.0746. The Morgan fingerprint density at radius 2 is 2.30 bits per heavy atom. The summed E-state index contributed by atoms with van der Waals surface area (Å²) in [5, 5.41) is 19.8. The second-order valence-electron chi connectivity index (χ2n) is 5.56. The standard InChI is InChI=1S/C13H16BN5O4/c1-5-17-10(15)9-7(11(16)22)3-19(12(9)18-5)13(14)8(21)2-6(4-20)23-13/h3,6,8,20-21H,2,4H2,1H3,(H2,16,22)(H2,15,17,18)/t6-,8+,13-/m0/s1. The van der Waals surface area contributed by atoms with E-state index >= 15 is 0 Å². The first-order valence-electron chi connectivity index (χ1n) is 6.99. The van der Waals surface area contributed by atoms with Crippen LogP contribution in [0.4, 0.5) is 5.82 Å². The number of carbonyl (C=O) groups is 1. The van der Waals surface area contributed by atoms with Gasteiger partial charge in [-0.15, -0.1) is 0 Å². The molecule has 2 aromatic rings. The zero-order valence-corrected chi connectivity index (χ0v) is 12.4. The molecule has 3 atom stereocenters. The number of fused-ring (bicyclic) bond motifs is 1. The van der Waals surface area contributed by atoms with Gasteiger partial charge in [0.05, 0.1) is 29.8 Å². The highest BCUT2D eigenvalue weighted by Gasteiger charge is 2.46. The number of aryl methyl sites for hydroxylation is 1. The van der Waals surface area contributed by atoms with Crippen molar-refractivity contribution < 1.29 is 19.7 Å². The molecular weight excluding hydrogens is 301 g/mol. The topological polar surface area (TPSA) is 150 Å². The van der Waals surface area contributed by atoms with Gasteiger partial charge in [-0.2, -0.15) is 0 Å². The fourth-order valence-electron chi connectivity index (χ4n) is 2.86. The average molecular weight is 317 g/mol. The van der Waals surface area contributed by atoms with E-state index in [2.05, 4.69) is 9.97 Å². The molecule has 3 rings (SSSR count). The van der Waals surface area contributed by atoms with Crippen molar-refractivity contribution in [1.82, 2.24) is 14.5 Å². The molecule has 10 heteroatoms. The van der Waals surface area contributed by atoms with E-state index < -0.39 is 23.7 Å². The number of rotatable bonds is 3. The fraction of sp³-hybridized carbons (Fsp3) is 0.462. The van der Waals surface area contributed by atoms with Gasteiger partial charge in [0.1, 0.15) is 30.8 Å². The Morgan fingerprint density at radius 3 is 2.87 bits per heavy atom. The lowest BCUT2D eigenvalue weighted by atomic mass is 9.85. The Hall–Kier alpha value is -2.17. The van der Waals surface area contributed by atoms with Gasteiger partial charge in [0.2, 0.25) is 0 Å². The minimum atomic E-state index is -1.70. The van der Waals surface area contributed by atoms with E-state index in [1.165, 1.54) is 10.8 Å². The minimum Gasteiger partial charge on any atom is -0.394 e. The van der Waals surface area contributed by atoms with Crippen molar-refractivity contribution >= 4 is 30.6 Å². The summed E-state index contributed by atoms with van der Waals surface area (Å²) in [5.41, 5.74) is 9.86. The fourth-order valence-corrected chi connectivity index (χ4v) is 2.86. The van der Waals surface area contributed by atoms with Crippen molar-refractivity contribution in [2.24, 2.45) is 5.73 Å². The number of hydrogen-bond acceptors (Lipinski definition) is 7. The summed E-state index contributed by atoms with van der Waals surface area (Å²) in [6, 6.07) is 0. The molecule has 9 nitrogen and oxygen atoms in total. The maximum absolute atomic E-state index is 11.7. The van der Waals surface area contributed by atoms with Crippen molar-refractivity contribution in [1.29, 1.82) is 0 Å². The molecule has 1 amide bonds. The predicted octanol–water partition coefficient (Wildman–Crippen LogP) is -1.66. The van der Waals surface area contributed by atoms with E-state index in [0.29, 0.717) is 5.82 Å². The van der Waals surface area contributed by atoms with E-state index in [9.17, 15) is 15.0 Å². The highest BCUT2D eigenvalue weighted by molar-refractivity contribution is 6.15. The van der Waals surface area contributed by atoms with Gasteiger partial charge < -0.3 is 31.0 Å². The maximum Gasteiger partial charge on any atom is 0.251 e. The van der Waals surface area contributed by atoms with E-state index in [4.69, 9.17) is 24.1 Å². The number of aliphatic hydroxyl groups is 2. The molecule has 0 saturated carbocycles. The molecule has 1 saturated heterocycles. The van der Waals surface area contributed by atoms with Crippen LogP contribution in [0, 0.1) is 6.92 Å². The van der Waals surface area contributed by atoms with Crippen LogP contribution in [0.15, 0.2) is 6.20 Å². The third kappa shape index (κ3) is 2.26. The van der Waals surface area contributed by atoms with Crippen LogP contribution in [0.2, 0.25) is 0 Å². The van der Waals surface area contributed by atoms with Gasteiger partial charge in [0.25, 0.3) is 5.91 Å². The molecule has 0 bridgehead atoms. The lowest BCUT2D eigenvalue weighted by molar-refractivity contribution is -0.0837. The SMILES string of the molecule is [B][C@@]1(n2cc(C(N)=O)c3c(N)nc(C)nc32)O[C@H](CO)C[C@H]1O. The Bertz CT molecular complexity index is 794. The second-order valence-corrected chi connectivity index (χ2v) is 5.56. The number of carbonyl (C=O) groups excluding carboxylic acids is 1. The van der Waals surface area contributed by atoms with E-state index in [-0.39, 0.29) is 35.4 Å². The summed E-state index contributed by atoms with van der Waals surface area (Å²) in [6.07, 6.45) is -0.282. The van der Waals surface area contributed by atoms with Crippen molar-refractivity contribution in [3.63, 3.8) is 0 Å². The van der Waals surface area contributed by atoms with Crippen LogP contribution in [0.25, 0.3) is 11.0 Å². The maximum atomic E-state index is 11.7. The molecule has 1 fully saturated rings. The number of primary amides is 1. The van der Waals surface area contributed by atoms with Crippen molar-refractivity contribution in [3.8, 4) is 0 Å². The van der Waals surface area contributed by atoms with Crippen molar-refractivity contribution in [2.45, 2.75) is 31.2 Å². The first-order valence-corrected chi connectivity index (χ1v) is 6.99. The van der Waals surface area contributed by atoms with Crippen LogP contribution in [0.3, 0.4) is 0 Å². The zero-order chi connectivity index (χ0) is 16.9. The molecule has 0 spiro atoms. The Morgan fingerprint density at radius 1 is 1.61 bits per heavy atom. The van der Waals surface area contributed by atoms with Gasteiger partial charge >= 0.3 is 0 Å². The Kier molecular flexibility index (Phi) is 3.54. The first-order chi connectivity index (χ1) is 10.8. The number of aliphatic hydroxyl groups excluding tert-OH is 2. The average Bonchev–Trinajstić information content (AvgIpc) is 2.98. The predicted molar refractivity (Wildman–Crippen MR) is 81.5 cm³/mol. The van der Waals surface area contributed by atoms with Gasteiger partial charge in [0.15, 0.2) is 0 Å². The van der Waals surface area contributed by atoms with Gasteiger partial charge in [0, 0.05) is 12.6 Å². The Balaban J connectivity index is 2.28. The Labute approximate surface area is 132 Å². The summed E-state index contributed by atoms with van der Waals surface area (Å²) in [7, 11) is 6.20. The first kappa shape index (κ1) is 15.7. The number of amides is 1. The number of aromatic nitrogens is 3. The monoisotopic (exact) mass is 317 g/mol. The molecule has 1 aliphatic rings. The van der Waals surface area contributed by atoms with Gasteiger partial charge in [-0.3, -0.25) is 4.79 Å². The molecule has 6 N–H and O–H groups in total. The summed E-state index contributed by atoms with van der Waals surface area (Å²) in [4.78, 5) is 20.0. The van der Waals surface area contributed by atoms with E-state index in [1.807, 2.05) is 0 Å². The smallest absolute Gasteiger partial charge is 0.251 e. The molecule has 2 radical (unpaired) electrons. The highest BCUT2D eigenvalue weighted by atomic mass is 16.6. The quantitative estimate of drug-likeness (QED) is 0.495. The number of hydrogen-bond donors (Lipinski definition) is 4. The van der Waals surface area contributed by atoms with Crippen LogP contribution < -0.4 is 11.5 Å². The molecule has 0 unspecified atom stereocenters. The van der Waals surface area contributed by atoms with Gasteiger partial charge in [-0.25, -0.2) is 9.97 Å². The van der Waals surface area contributed by atoms with Crippen LogP contribution in [-0.4, -0.2) is 57.3 Å². The second kappa shape index (κ2) is 5.19. The molecule has 1 aliphatic heterocycles. The summed E-state index contributed by atoms with van der Waals surface area (Å²) in [5.74, 6) is -0.294. The van der Waals surface area contributed by atoms with Gasteiger partial charge in [-0.05, 0) is 6.92 Å². The van der Waals surface area contributed by atoms with Crippen LogP contribution >= 0.6 is 0 Å². The zero-order valence-electron chi connectivity index (χ0n) is 12.4. The van der Waals surface area contributed by atoms with Crippen LogP contribution in [-0.2, 0) is 10.4 Å². The third-order valence-electron chi connectivity index (χ3n) is 3.95. The molecule has 0 aromatic carbocycles. The van der Waals surface area contributed by atoms with Crippen LogP contribution in [0.5, 0.6) is 0 Å². The molecular formula is C13H16BN5O4. The molecule has 0 aliphatic carbocycles. The molecule has 2 aromatic heterocycles. The number of nitrogens with zero attached hydrogens (tertiary/aromatic N) is 3. The molecule has 120 valence electrons. The van der Waals surface area contributed by atoms with Gasteiger partial charge in [-0.1, -0.05) is 0 Å². The van der Waals surface area contributed by atoms with E-state index in [1.54, 1.807) is 6.92 Å². The van der Waals surface area contributed by atoms with Crippen LogP contribution in [0.1, 0.15) is 22.6 Å². The highest BCUT2D eigenvalue weighted by Crippen LogP contribution is 2.37. The normalized spacial score (nSPS) is 27.6. The third-order valence-corrected chi connectivity index (χ3v) is 3.95. The summed E-state index contributed by atoms with van der Waals surface area (Å²) < 4.78 is 6.88. The number of ether oxygens (including phenoxy) is 1. The number of anilines is 1.